The van der Waals surface area contributed by atoms with Crippen molar-refractivity contribution in [3.8, 4) is 0 Å². The largest absolute Gasteiger partial charge is 0.331 e. The molecule has 0 aliphatic rings. The molecule has 0 amide bonds. The molecule has 0 saturated carbocycles. The molecule has 18 heavy (non-hydrogen) atoms. The van der Waals surface area contributed by atoms with Crippen LogP contribution in [-0.4, -0.2) is 25.9 Å². The second-order valence-corrected chi connectivity index (χ2v) is 4.93. The van der Waals surface area contributed by atoms with Crippen LogP contribution >= 0.6 is 12.2 Å². The van der Waals surface area contributed by atoms with Crippen molar-refractivity contribution in [2.75, 3.05) is 6.54 Å². The summed E-state index contributed by atoms with van der Waals surface area (Å²) in [6, 6.07) is 7.59. The first-order valence-electron chi connectivity index (χ1n) is 5.37. The molecule has 1 aromatic heterocycles. The molecule has 92 valence electrons. The van der Waals surface area contributed by atoms with E-state index in [0.29, 0.717) is 18.1 Å². The zero-order chi connectivity index (χ0) is 12.8. The second-order valence-electron chi connectivity index (χ2n) is 3.49. The van der Waals surface area contributed by atoms with E-state index in [1.165, 1.54) is 0 Å². The van der Waals surface area contributed by atoms with Gasteiger partial charge in [0, 0.05) is 5.41 Å². The Morgan fingerprint density at radius 2 is 2.33 bits per heavy atom. The van der Waals surface area contributed by atoms with E-state index in [2.05, 4.69) is 32.3 Å². The Morgan fingerprint density at radius 1 is 1.50 bits per heavy atom. The normalized spacial score (nSPS) is 12.7. The third-order valence-corrected chi connectivity index (χ3v) is 3.39. The Morgan fingerprint density at radius 3 is 3.11 bits per heavy atom. The Hall–Kier alpha value is -1.62. The summed E-state index contributed by atoms with van der Waals surface area (Å²) in [7, 11) is -1.26. The topological polar surface area (TPSA) is 58.1 Å². The molecule has 0 bridgehead atoms. The van der Waals surface area contributed by atoms with Gasteiger partial charge in [0.1, 0.15) is 10.8 Å². The Kier molecular flexibility index (Phi) is 4.52. The number of hydrogen-bond acceptors (Lipinski definition) is 4. The lowest BCUT2D eigenvalue weighted by molar-refractivity contribution is 0.683. The molecule has 0 fully saturated rings. The maximum absolute atomic E-state index is 11.9. The molecule has 1 N–H and O–H groups in total. The molecule has 0 aliphatic carbocycles. The van der Waals surface area contributed by atoms with Crippen LogP contribution in [0.1, 0.15) is 6.42 Å². The molecule has 2 aromatic rings. The molecule has 6 heteroatoms. The quantitative estimate of drug-likeness (QED) is 0.519. The van der Waals surface area contributed by atoms with Crippen molar-refractivity contribution in [1.82, 2.24) is 9.97 Å². The van der Waals surface area contributed by atoms with Gasteiger partial charge in [0.2, 0.25) is 5.16 Å². The van der Waals surface area contributed by atoms with Crippen molar-refractivity contribution in [3.05, 3.63) is 35.7 Å². The molecule has 0 spiro atoms. The van der Waals surface area contributed by atoms with E-state index in [1.54, 1.807) is 11.5 Å². The lowest BCUT2D eigenvalue weighted by Gasteiger charge is -1.88. The molecule has 0 saturated heterocycles. The molecule has 1 atom stereocenters. The minimum absolute atomic E-state index is 0.464. The summed E-state index contributed by atoms with van der Waals surface area (Å²) in [5.74, 6) is 0. The van der Waals surface area contributed by atoms with E-state index in [9.17, 15) is 4.21 Å². The predicted octanol–water partition coefficient (Wildman–Crippen LogP) is 2.68. The zero-order valence-electron chi connectivity index (χ0n) is 9.50. The number of H-pyrrole nitrogens is 1. The third kappa shape index (κ3) is 3.20. The van der Waals surface area contributed by atoms with Crippen LogP contribution in [0.2, 0.25) is 0 Å². The van der Waals surface area contributed by atoms with Crippen molar-refractivity contribution in [2.45, 2.75) is 11.6 Å². The summed E-state index contributed by atoms with van der Waals surface area (Å²) in [5, 5.41) is 4.36. The number of para-hydroxylation sites is 2. The van der Waals surface area contributed by atoms with Crippen molar-refractivity contribution >= 4 is 39.2 Å². The molecular weight excluding hydrogens is 266 g/mol. The number of isothiocyanates is 1. The smallest absolute Gasteiger partial charge is 0.201 e. The van der Waals surface area contributed by atoms with E-state index in [-0.39, 0.29) is 0 Å². The van der Waals surface area contributed by atoms with Gasteiger partial charge in [-0.05, 0) is 30.8 Å². The highest BCUT2D eigenvalue weighted by Crippen LogP contribution is 2.13. The first-order valence-corrected chi connectivity index (χ1v) is 6.99. The number of nitrogens with zero attached hydrogens (tertiary/aromatic N) is 2. The fourth-order valence-electron chi connectivity index (χ4n) is 1.43. The number of imidazole rings is 1. The van der Waals surface area contributed by atoms with E-state index in [1.807, 2.05) is 24.3 Å². The van der Waals surface area contributed by atoms with Crippen LogP contribution in [0.5, 0.6) is 0 Å². The van der Waals surface area contributed by atoms with Gasteiger partial charge in [0.25, 0.3) is 0 Å². The molecule has 1 aromatic carbocycles. The first kappa shape index (κ1) is 12.8. The van der Waals surface area contributed by atoms with Crippen LogP contribution in [0.3, 0.4) is 0 Å². The SMILES string of the molecule is O=S(C=CCCN=C=S)c1nc2ccccc2[nH]1. The van der Waals surface area contributed by atoms with Gasteiger partial charge < -0.3 is 4.98 Å². The molecule has 1 heterocycles. The van der Waals surface area contributed by atoms with Crippen molar-refractivity contribution in [3.63, 3.8) is 0 Å². The van der Waals surface area contributed by atoms with E-state index in [0.717, 1.165) is 11.0 Å². The number of nitrogens with one attached hydrogen (secondary N) is 1. The van der Waals surface area contributed by atoms with Gasteiger partial charge in [0.05, 0.1) is 22.7 Å². The maximum atomic E-state index is 11.9. The zero-order valence-corrected chi connectivity index (χ0v) is 11.1. The molecule has 4 nitrogen and oxygen atoms in total. The summed E-state index contributed by atoms with van der Waals surface area (Å²) >= 11 is 4.45. The van der Waals surface area contributed by atoms with Crippen LogP contribution < -0.4 is 0 Å². The Labute approximate surface area is 112 Å². The molecule has 1 unspecified atom stereocenters. The fraction of sp³-hybridized carbons (Fsp3) is 0.167. The van der Waals surface area contributed by atoms with Gasteiger partial charge in [-0.25, -0.2) is 14.2 Å². The highest BCUT2D eigenvalue weighted by atomic mass is 32.2. The molecular formula is C12H11N3OS2. The molecule has 0 radical (unpaired) electrons. The lowest BCUT2D eigenvalue weighted by Crippen LogP contribution is -1.89. The minimum atomic E-state index is -1.26. The summed E-state index contributed by atoms with van der Waals surface area (Å²) in [6.45, 7) is 0.567. The number of aromatic amines is 1. The van der Waals surface area contributed by atoms with E-state index < -0.39 is 10.8 Å². The number of thiocarbonyl (C=S) groups is 1. The number of aromatic nitrogens is 2. The fourth-order valence-corrected chi connectivity index (χ4v) is 2.36. The van der Waals surface area contributed by atoms with Gasteiger partial charge in [-0.1, -0.05) is 18.2 Å². The summed E-state index contributed by atoms with van der Waals surface area (Å²) in [6.07, 6.45) is 2.50. The van der Waals surface area contributed by atoms with Gasteiger partial charge >= 0.3 is 0 Å². The van der Waals surface area contributed by atoms with Crippen LogP contribution in [0.4, 0.5) is 0 Å². The summed E-state index contributed by atoms with van der Waals surface area (Å²) in [4.78, 5) is 11.1. The van der Waals surface area contributed by atoms with Gasteiger partial charge in [-0.15, -0.1) is 0 Å². The molecule has 0 aliphatic heterocycles. The van der Waals surface area contributed by atoms with E-state index in [4.69, 9.17) is 0 Å². The second kappa shape index (κ2) is 6.35. The highest BCUT2D eigenvalue weighted by molar-refractivity contribution is 7.87. The van der Waals surface area contributed by atoms with Crippen LogP contribution in [0.25, 0.3) is 11.0 Å². The van der Waals surface area contributed by atoms with Crippen LogP contribution in [0.15, 0.2) is 45.9 Å². The van der Waals surface area contributed by atoms with Crippen molar-refractivity contribution in [2.24, 2.45) is 4.99 Å². The Balaban J connectivity index is 2.06. The van der Waals surface area contributed by atoms with Crippen LogP contribution in [0, 0.1) is 0 Å². The maximum Gasteiger partial charge on any atom is 0.201 e. The third-order valence-electron chi connectivity index (χ3n) is 2.25. The number of fused-ring (bicyclic) bond motifs is 1. The predicted molar refractivity (Wildman–Crippen MR) is 76.2 cm³/mol. The average Bonchev–Trinajstić information content (AvgIpc) is 2.82. The number of rotatable bonds is 5. The number of aliphatic imine (C=N–C) groups is 1. The minimum Gasteiger partial charge on any atom is -0.331 e. The van der Waals surface area contributed by atoms with Crippen LogP contribution in [-0.2, 0) is 10.8 Å². The summed E-state index contributed by atoms with van der Waals surface area (Å²) in [5.41, 5.74) is 1.71. The number of hydrogen-bond donors (Lipinski definition) is 1. The van der Waals surface area contributed by atoms with Gasteiger partial charge in [0.15, 0.2) is 0 Å². The number of benzene rings is 1. The molecule has 2 rings (SSSR count). The standard InChI is InChI=1S/C12H11N3OS2/c16-18(8-4-3-7-13-9-17)12-14-10-5-1-2-6-11(10)15-12/h1-2,4-6,8H,3,7H2,(H,14,15). The Bertz CT molecular complexity index is 609. The van der Waals surface area contributed by atoms with Crippen molar-refractivity contribution < 1.29 is 4.21 Å². The monoisotopic (exact) mass is 277 g/mol. The average molecular weight is 277 g/mol. The van der Waals surface area contributed by atoms with Gasteiger partial charge in [-0.2, -0.15) is 0 Å². The lowest BCUT2D eigenvalue weighted by atomic mass is 10.3. The highest BCUT2D eigenvalue weighted by Gasteiger charge is 2.05. The van der Waals surface area contributed by atoms with E-state index >= 15 is 0 Å². The first-order chi connectivity index (χ1) is 8.81. The summed E-state index contributed by atoms with van der Waals surface area (Å²) < 4.78 is 11.9. The van der Waals surface area contributed by atoms with Crippen molar-refractivity contribution in [1.29, 1.82) is 0 Å². The van der Waals surface area contributed by atoms with Gasteiger partial charge in [-0.3, -0.25) is 0 Å².